The largest absolute Gasteiger partial charge is 0.486 e. The number of carbonyl (C=O) groups excluding carboxylic acids is 1. The maximum atomic E-state index is 13.7. The van der Waals surface area contributed by atoms with Gasteiger partial charge in [-0.05, 0) is 49.7 Å². The molecule has 1 aromatic heterocycles. The molecule has 0 spiro atoms. The molecule has 0 bridgehead atoms. The van der Waals surface area contributed by atoms with Crippen LogP contribution in [0.5, 0.6) is 5.75 Å². The van der Waals surface area contributed by atoms with Crippen LogP contribution in [0.25, 0.3) is 0 Å². The molecule has 164 valence electrons. The molecule has 0 aliphatic carbocycles. The van der Waals surface area contributed by atoms with Crippen LogP contribution in [-0.2, 0) is 19.8 Å². The molecule has 1 unspecified atom stereocenters. The Morgan fingerprint density at radius 3 is 2.81 bits per heavy atom. The molecule has 5 nitrogen and oxygen atoms in total. The summed E-state index contributed by atoms with van der Waals surface area (Å²) in [6.45, 7) is 4.33. The monoisotopic (exact) mass is 462 g/mol. The van der Waals surface area contributed by atoms with E-state index in [0.717, 1.165) is 17.0 Å². The van der Waals surface area contributed by atoms with Gasteiger partial charge in [0.15, 0.2) is 0 Å². The zero-order chi connectivity index (χ0) is 22.4. The second-order valence-electron chi connectivity index (χ2n) is 7.13. The number of hydrogen-bond donors (Lipinski definition) is 1. The number of carbonyl (C=O) groups is 1. The molecule has 1 atom stereocenters. The van der Waals surface area contributed by atoms with E-state index in [4.69, 9.17) is 16.3 Å². The zero-order valence-corrected chi connectivity index (χ0v) is 18.9. The lowest BCUT2D eigenvalue weighted by atomic mass is 10.1. The third-order valence-corrected chi connectivity index (χ3v) is 6.04. The second-order valence-corrected chi connectivity index (χ2v) is 8.51. The van der Waals surface area contributed by atoms with Crippen molar-refractivity contribution in [1.82, 2.24) is 9.88 Å². The summed E-state index contributed by atoms with van der Waals surface area (Å²) < 4.78 is 19.6. The Kier molecular flexibility index (Phi) is 8.01. The van der Waals surface area contributed by atoms with Crippen LogP contribution in [0.1, 0.15) is 46.9 Å². The number of rotatable bonds is 9. The minimum atomic E-state index is -0.451. The highest BCUT2D eigenvalue weighted by Gasteiger charge is 2.23. The molecule has 0 aliphatic heterocycles. The van der Waals surface area contributed by atoms with Crippen molar-refractivity contribution in [2.45, 2.75) is 46.1 Å². The van der Waals surface area contributed by atoms with E-state index in [2.05, 4.69) is 4.98 Å². The number of aromatic nitrogens is 1. The summed E-state index contributed by atoms with van der Waals surface area (Å²) in [6, 6.07) is 10.9. The van der Waals surface area contributed by atoms with Gasteiger partial charge < -0.3 is 14.7 Å². The summed E-state index contributed by atoms with van der Waals surface area (Å²) >= 11 is 7.63. The first-order valence-electron chi connectivity index (χ1n) is 9.93. The molecule has 0 saturated heterocycles. The van der Waals surface area contributed by atoms with E-state index in [1.807, 2.05) is 13.8 Å². The number of amides is 1. The van der Waals surface area contributed by atoms with Gasteiger partial charge in [-0.1, -0.05) is 24.6 Å². The van der Waals surface area contributed by atoms with Gasteiger partial charge in [0.2, 0.25) is 0 Å². The molecule has 1 heterocycles. The molecule has 3 rings (SSSR count). The first-order valence-corrected chi connectivity index (χ1v) is 11.2. The highest BCUT2D eigenvalue weighted by atomic mass is 35.5. The number of ether oxygens (including phenoxy) is 1. The number of aliphatic hydroxyl groups is 1. The van der Waals surface area contributed by atoms with Gasteiger partial charge in [0.25, 0.3) is 5.91 Å². The number of hydrogen-bond acceptors (Lipinski definition) is 5. The molecule has 0 aliphatic rings. The average molecular weight is 463 g/mol. The van der Waals surface area contributed by atoms with E-state index in [1.54, 1.807) is 34.5 Å². The van der Waals surface area contributed by atoms with Gasteiger partial charge in [0, 0.05) is 34.1 Å². The lowest BCUT2D eigenvalue weighted by Gasteiger charge is -2.29. The molecular weight excluding hydrogens is 439 g/mol. The second kappa shape index (κ2) is 10.7. The van der Waals surface area contributed by atoms with Crippen LogP contribution >= 0.6 is 22.9 Å². The Balaban J connectivity index is 1.84. The van der Waals surface area contributed by atoms with Crippen LogP contribution in [0.3, 0.4) is 0 Å². The standard InChI is InChI=1S/C23H24ClFN2O3S/c1-3-15(2)27(23(29)16-5-4-6-19(25)10-16)11-17-9-18(24)7-8-21(17)30-13-22-26-20(12-28)14-31-22/h4-10,14-15,28H,3,11-13H2,1-2H3. The van der Waals surface area contributed by atoms with Gasteiger partial charge in [-0.3, -0.25) is 4.79 Å². The molecule has 8 heteroatoms. The molecular formula is C23H24ClFN2O3S. The molecule has 2 aromatic carbocycles. The zero-order valence-electron chi connectivity index (χ0n) is 17.3. The summed E-state index contributed by atoms with van der Waals surface area (Å²) in [5.41, 5.74) is 1.64. The average Bonchev–Trinajstić information content (AvgIpc) is 3.24. The first kappa shape index (κ1) is 23.2. The van der Waals surface area contributed by atoms with Crippen LogP contribution in [0.4, 0.5) is 4.39 Å². The Hall–Kier alpha value is -2.48. The van der Waals surface area contributed by atoms with Crippen molar-refractivity contribution in [3.05, 3.63) is 80.5 Å². The van der Waals surface area contributed by atoms with E-state index < -0.39 is 5.82 Å². The Bertz CT molecular complexity index is 1040. The lowest BCUT2D eigenvalue weighted by molar-refractivity contribution is 0.0669. The van der Waals surface area contributed by atoms with Gasteiger partial charge in [-0.25, -0.2) is 9.37 Å². The fourth-order valence-electron chi connectivity index (χ4n) is 3.06. The van der Waals surface area contributed by atoms with Crippen molar-refractivity contribution < 1.29 is 19.0 Å². The molecule has 31 heavy (non-hydrogen) atoms. The van der Waals surface area contributed by atoms with Crippen molar-refractivity contribution in [1.29, 1.82) is 0 Å². The fourth-order valence-corrected chi connectivity index (χ4v) is 3.95. The molecule has 1 N–H and O–H groups in total. The van der Waals surface area contributed by atoms with E-state index in [0.29, 0.717) is 22.0 Å². The number of thiazole rings is 1. The Morgan fingerprint density at radius 1 is 1.32 bits per heavy atom. The van der Waals surface area contributed by atoms with E-state index in [-0.39, 0.29) is 31.7 Å². The maximum Gasteiger partial charge on any atom is 0.254 e. The van der Waals surface area contributed by atoms with Crippen molar-refractivity contribution >= 4 is 28.8 Å². The SMILES string of the molecule is CCC(C)N(Cc1cc(Cl)ccc1OCc1nc(CO)cs1)C(=O)c1cccc(F)c1. The van der Waals surface area contributed by atoms with Crippen LogP contribution in [-0.4, -0.2) is 26.9 Å². The molecule has 1 amide bonds. The normalized spacial score (nSPS) is 11.9. The maximum absolute atomic E-state index is 13.7. The fraction of sp³-hybridized carbons (Fsp3) is 0.304. The van der Waals surface area contributed by atoms with Crippen molar-refractivity contribution in [2.24, 2.45) is 0 Å². The molecule has 3 aromatic rings. The number of halogens is 2. The summed E-state index contributed by atoms with van der Waals surface area (Å²) in [4.78, 5) is 19.1. The van der Waals surface area contributed by atoms with Gasteiger partial charge in [0.05, 0.1) is 12.3 Å². The number of aliphatic hydroxyl groups excluding tert-OH is 1. The quantitative estimate of drug-likeness (QED) is 0.459. The van der Waals surface area contributed by atoms with Crippen molar-refractivity contribution in [3.8, 4) is 5.75 Å². The number of benzene rings is 2. The van der Waals surface area contributed by atoms with Crippen molar-refractivity contribution in [3.63, 3.8) is 0 Å². The van der Waals surface area contributed by atoms with Crippen LogP contribution < -0.4 is 4.74 Å². The third-order valence-electron chi connectivity index (χ3n) is 4.93. The van der Waals surface area contributed by atoms with Crippen LogP contribution in [0, 0.1) is 5.82 Å². The molecule has 0 fully saturated rings. The summed E-state index contributed by atoms with van der Waals surface area (Å²) in [5.74, 6) is -0.120. The van der Waals surface area contributed by atoms with Crippen LogP contribution in [0.15, 0.2) is 47.8 Å². The predicted octanol–water partition coefficient (Wildman–Crippen LogP) is 5.45. The highest BCUT2D eigenvalue weighted by molar-refractivity contribution is 7.09. The highest BCUT2D eigenvalue weighted by Crippen LogP contribution is 2.27. The van der Waals surface area contributed by atoms with Gasteiger partial charge >= 0.3 is 0 Å². The minimum Gasteiger partial charge on any atom is -0.486 e. The first-order chi connectivity index (χ1) is 14.9. The smallest absolute Gasteiger partial charge is 0.254 e. The summed E-state index contributed by atoms with van der Waals surface area (Å²) in [6.07, 6.45) is 0.737. The minimum absolute atomic E-state index is 0.0753. The topological polar surface area (TPSA) is 62.7 Å². The third kappa shape index (κ3) is 6.03. The van der Waals surface area contributed by atoms with Crippen LogP contribution in [0.2, 0.25) is 5.02 Å². The summed E-state index contributed by atoms with van der Waals surface area (Å²) in [7, 11) is 0. The van der Waals surface area contributed by atoms with Crippen molar-refractivity contribution in [2.75, 3.05) is 0 Å². The van der Waals surface area contributed by atoms with E-state index in [1.165, 1.54) is 29.5 Å². The molecule has 0 radical (unpaired) electrons. The van der Waals surface area contributed by atoms with E-state index in [9.17, 15) is 14.3 Å². The Morgan fingerprint density at radius 2 is 2.13 bits per heavy atom. The van der Waals surface area contributed by atoms with Gasteiger partial charge in [-0.15, -0.1) is 11.3 Å². The summed E-state index contributed by atoms with van der Waals surface area (Å²) in [5, 5.41) is 12.2. The number of nitrogens with zero attached hydrogens (tertiary/aromatic N) is 2. The lowest BCUT2D eigenvalue weighted by Crippen LogP contribution is -2.38. The van der Waals surface area contributed by atoms with Gasteiger partial charge in [-0.2, -0.15) is 0 Å². The van der Waals surface area contributed by atoms with E-state index >= 15 is 0 Å². The van der Waals surface area contributed by atoms with Gasteiger partial charge in [0.1, 0.15) is 23.2 Å². The predicted molar refractivity (Wildman–Crippen MR) is 120 cm³/mol. The molecule has 0 saturated carbocycles. The Labute approximate surface area is 190 Å².